The van der Waals surface area contributed by atoms with Crippen LogP contribution >= 0.6 is 22.9 Å². The van der Waals surface area contributed by atoms with Crippen molar-refractivity contribution in [3.63, 3.8) is 0 Å². The largest absolute Gasteiger partial charge is 0.311 e. The molecular formula is C16H15ClN2S. The predicted octanol–water partition coefficient (Wildman–Crippen LogP) is 4.45. The number of halogens is 1. The van der Waals surface area contributed by atoms with Crippen molar-refractivity contribution in [3.8, 4) is 0 Å². The van der Waals surface area contributed by atoms with Crippen molar-refractivity contribution in [2.24, 2.45) is 0 Å². The molecule has 2 aromatic heterocycles. The average molecular weight is 303 g/mol. The molecule has 0 fully saturated rings. The summed E-state index contributed by atoms with van der Waals surface area (Å²) in [6, 6.07) is 14.6. The molecule has 0 bridgehead atoms. The molecule has 0 saturated heterocycles. The van der Waals surface area contributed by atoms with Gasteiger partial charge in [-0.05, 0) is 30.6 Å². The molecule has 1 N–H and O–H groups in total. The first-order valence-corrected chi connectivity index (χ1v) is 7.72. The summed E-state index contributed by atoms with van der Waals surface area (Å²) < 4.78 is 0.834. The normalized spacial score (nSPS) is 12.7. The molecule has 1 aromatic carbocycles. The van der Waals surface area contributed by atoms with Crippen molar-refractivity contribution in [2.75, 3.05) is 7.05 Å². The number of aromatic nitrogens is 1. The van der Waals surface area contributed by atoms with Gasteiger partial charge in [0, 0.05) is 22.9 Å². The number of fused-ring (bicyclic) bond motifs is 1. The van der Waals surface area contributed by atoms with E-state index in [9.17, 15) is 0 Å². The fourth-order valence-corrected chi connectivity index (χ4v) is 3.55. The molecule has 0 spiro atoms. The van der Waals surface area contributed by atoms with E-state index in [1.165, 1.54) is 15.6 Å². The molecule has 20 heavy (non-hydrogen) atoms. The SMILES string of the molecule is CNC(Cc1ccc(Cl)s1)c1nccc2ccccc12. The minimum absolute atomic E-state index is 0.191. The second-order valence-corrected chi connectivity index (χ2v) is 6.47. The maximum absolute atomic E-state index is 6.01. The number of hydrogen-bond acceptors (Lipinski definition) is 3. The first-order chi connectivity index (χ1) is 9.78. The molecule has 3 rings (SSSR count). The summed E-state index contributed by atoms with van der Waals surface area (Å²) in [6.45, 7) is 0. The summed E-state index contributed by atoms with van der Waals surface area (Å²) in [7, 11) is 1.98. The van der Waals surface area contributed by atoms with E-state index >= 15 is 0 Å². The van der Waals surface area contributed by atoms with Crippen LogP contribution in [0.1, 0.15) is 16.6 Å². The zero-order valence-corrected chi connectivity index (χ0v) is 12.7. The molecule has 0 saturated carbocycles. The van der Waals surface area contributed by atoms with Gasteiger partial charge in [0.25, 0.3) is 0 Å². The van der Waals surface area contributed by atoms with Gasteiger partial charge in [-0.3, -0.25) is 4.98 Å². The molecule has 0 radical (unpaired) electrons. The third-order valence-electron chi connectivity index (χ3n) is 3.42. The van der Waals surface area contributed by atoms with Crippen LogP contribution in [-0.4, -0.2) is 12.0 Å². The van der Waals surface area contributed by atoms with E-state index < -0.39 is 0 Å². The van der Waals surface area contributed by atoms with Gasteiger partial charge in [0.05, 0.1) is 16.1 Å². The van der Waals surface area contributed by atoms with Crippen LogP contribution in [0.4, 0.5) is 0 Å². The van der Waals surface area contributed by atoms with Crippen LogP contribution in [0.15, 0.2) is 48.7 Å². The monoisotopic (exact) mass is 302 g/mol. The second-order valence-electron chi connectivity index (χ2n) is 4.67. The minimum Gasteiger partial charge on any atom is -0.311 e. The molecule has 102 valence electrons. The van der Waals surface area contributed by atoms with Gasteiger partial charge in [-0.15, -0.1) is 11.3 Å². The van der Waals surface area contributed by atoms with Crippen molar-refractivity contribution < 1.29 is 0 Å². The van der Waals surface area contributed by atoms with Crippen LogP contribution in [0.3, 0.4) is 0 Å². The minimum atomic E-state index is 0.191. The molecule has 1 atom stereocenters. The number of nitrogens with zero attached hydrogens (tertiary/aromatic N) is 1. The van der Waals surface area contributed by atoms with E-state index in [1.807, 2.05) is 25.4 Å². The zero-order valence-electron chi connectivity index (χ0n) is 11.1. The summed E-state index contributed by atoms with van der Waals surface area (Å²) in [5.74, 6) is 0. The van der Waals surface area contributed by atoms with E-state index in [0.717, 1.165) is 16.5 Å². The van der Waals surface area contributed by atoms with Gasteiger partial charge >= 0.3 is 0 Å². The Morgan fingerprint density at radius 1 is 1.20 bits per heavy atom. The zero-order chi connectivity index (χ0) is 13.9. The Kier molecular flexibility index (Phi) is 4.01. The van der Waals surface area contributed by atoms with E-state index in [4.69, 9.17) is 11.6 Å². The summed E-state index contributed by atoms with van der Waals surface area (Å²) in [5, 5.41) is 5.80. The van der Waals surface area contributed by atoms with Gasteiger partial charge in [-0.2, -0.15) is 0 Å². The van der Waals surface area contributed by atoms with Gasteiger partial charge in [0.1, 0.15) is 0 Å². The molecule has 3 aromatic rings. The van der Waals surface area contributed by atoms with Crippen molar-refractivity contribution in [1.82, 2.24) is 10.3 Å². The molecule has 2 nitrogen and oxygen atoms in total. The lowest BCUT2D eigenvalue weighted by Gasteiger charge is -2.16. The topological polar surface area (TPSA) is 24.9 Å². The van der Waals surface area contributed by atoms with Crippen molar-refractivity contribution in [3.05, 3.63) is 63.6 Å². The Morgan fingerprint density at radius 3 is 2.80 bits per heavy atom. The summed E-state index contributed by atoms with van der Waals surface area (Å²) in [5.41, 5.74) is 1.09. The Morgan fingerprint density at radius 2 is 2.05 bits per heavy atom. The van der Waals surface area contributed by atoms with Gasteiger partial charge in [0.2, 0.25) is 0 Å². The maximum Gasteiger partial charge on any atom is 0.0931 e. The van der Waals surface area contributed by atoms with E-state index in [0.29, 0.717) is 0 Å². The van der Waals surface area contributed by atoms with E-state index in [1.54, 1.807) is 11.3 Å². The first-order valence-electron chi connectivity index (χ1n) is 6.53. The van der Waals surface area contributed by atoms with Crippen molar-refractivity contribution in [2.45, 2.75) is 12.5 Å². The highest BCUT2D eigenvalue weighted by molar-refractivity contribution is 7.16. The summed E-state index contributed by atoms with van der Waals surface area (Å²) in [6.07, 6.45) is 2.78. The number of benzene rings is 1. The molecule has 4 heteroatoms. The molecule has 0 amide bonds. The fraction of sp³-hybridized carbons (Fsp3) is 0.188. The Balaban J connectivity index is 1.98. The maximum atomic E-state index is 6.01. The van der Waals surface area contributed by atoms with Gasteiger partial charge in [-0.1, -0.05) is 35.9 Å². The average Bonchev–Trinajstić information content (AvgIpc) is 2.89. The molecular weight excluding hydrogens is 288 g/mol. The predicted molar refractivity (Wildman–Crippen MR) is 86.6 cm³/mol. The van der Waals surface area contributed by atoms with Crippen LogP contribution in [0.2, 0.25) is 4.34 Å². The van der Waals surface area contributed by atoms with Crippen LogP contribution in [0, 0.1) is 0 Å². The van der Waals surface area contributed by atoms with Crippen LogP contribution < -0.4 is 5.32 Å². The highest BCUT2D eigenvalue weighted by atomic mass is 35.5. The third-order valence-corrected chi connectivity index (χ3v) is 4.67. The van der Waals surface area contributed by atoms with Crippen molar-refractivity contribution in [1.29, 1.82) is 0 Å². The highest BCUT2D eigenvalue weighted by Gasteiger charge is 2.15. The number of nitrogens with one attached hydrogen (secondary N) is 1. The van der Waals surface area contributed by atoms with Gasteiger partial charge in [0.15, 0.2) is 0 Å². The fourth-order valence-electron chi connectivity index (χ4n) is 2.42. The number of hydrogen-bond donors (Lipinski definition) is 1. The number of likely N-dealkylation sites (N-methyl/N-ethyl adjacent to an activating group) is 1. The van der Waals surface area contributed by atoms with Crippen LogP contribution in [0.5, 0.6) is 0 Å². The molecule has 0 aliphatic rings. The molecule has 0 aliphatic carbocycles. The number of rotatable bonds is 4. The lowest BCUT2D eigenvalue weighted by molar-refractivity contribution is 0.585. The van der Waals surface area contributed by atoms with Crippen LogP contribution in [-0.2, 0) is 6.42 Å². The quantitative estimate of drug-likeness (QED) is 0.770. The van der Waals surface area contributed by atoms with Crippen molar-refractivity contribution >= 4 is 33.7 Å². The molecule has 1 unspecified atom stereocenters. The second kappa shape index (κ2) is 5.92. The Bertz CT molecular complexity index is 718. The Hall–Kier alpha value is -1.42. The number of pyridine rings is 1. The van der Waals surface area contributed by atoms with E-state index in [2.05, 4.69) is 40.6 Å². The third kappa shape index (κ3) is 2.70. The molecule has 0 aliphatic heterocycles. The molecule has 2 heterocycles. The van der Waals surface area contributed by atoms with Gasteiger partial charge < -0.3 is 5.32 Å². The summed E-state index contributed by atoms with van der Waals surface area (Å²) >= 11 is 7.64. The summed E-state index contributed by atoms with van der Waals surface area (Å²) in [4.78, 5) is 5.86. The lowest BCUT2D eigenvalue weighted by Crippen LogP contribution is -2.20. The van der Waals surface area contributed by atoms with E-state index in [-0.39, 0.29) is 6.04 Å². The highest BCUT2D eigenvalue weighted by Crippen LogP contribution is 2.28. The first kappa shape index (κ1) is 13.6. The van der Waals surface area contributed by atoms with Gasteiger partial charge in [-0.25, -0.2) is 0 Å². The number of thiophene rings is 1. The van der Waals surface area contributed by atoms with Crippen LogP contribution in [0.25, 0.3) is 10.8 Å². The smallest absolute Gasteiger partial charge is 0.0931 e. The standard InChI is InChI=1S/C16H15ClN2S/c1-18-14(10-12-6-7-15(17)20-12)16-13-5-3-2-4-11(13)8-9-19-16/h2-9,14,18H,10H2,1H3. The Labute approximate surface area is 127 Å². The lowest BCUT2D eigenvalue weighted by atomic mass is 10.0.